The van der Waals surface area contributed by atoms with Crippen LogP contribution in [0.1, 0.15) is 39.1 Å². The number of furan rings is 1. The van der Waals surface area contributed by atoms with E-state index >= 15 is 0 Å². The first kappa shape index (κ1) is 21.9. The van der Waals surface area contributed by atoms with E-state index in [1.807, 2.05) is 0 Å². The summed E-state index contributed by atoms with van der Waals surface area (Å²) in [6, 6.07) is 3.41. The van der Waals surface area contributed by atoms with Gasteiger partial charge in [0.15, 0.2) is 6.10 Å². The van der Waals surface area contributed by atoms with Gasteiger partial charge in [-0.05, 0) is 39.0 Å². The largest absolute Gasteiger partial charge is 0.465 e. The Morgan fingerprint density at radius 2 is 2.00 bits per heavy atom. The minimum Gasteiger partial charge on any atom is -0.465 e. The summed E-state index contributed by atoms with van der Waals surface area (Å²) in [5.74, 6) is -0.634. The molecule has 0 aromatic carbocycles. The minimum absolute atomic E-state index is 0.0228. The van der Waals surface area contributed by atoms with Crippen LogP contribution < -0.4 is 0 Å². The van der Waals surface area contributed by atoms with Gasteiger partial charge in [0.1, 0.15) is 24.8 Å². The van der Waals surface area contributed by atoms with Crippen LogP contribution in [0, 0.1) is 0 Å². The third-order valence-corrected chi connectivity index (χ3v) is 3.30. The molecule has 4 atom stereocenters. The van der Waals surface area contributed by atoms with Gasteiger partial charge in [-0.15, -0.1) is 0 Å². The molecule has 0 saturated carbocycles. The van der Waals surface area contributed by atoms with Crippen molar-refractivity contribution in [3.05, 3.63) is 36.3 Å². The van der Waals surface area contributed by atoms with E-state index in [0.29, 0.717) is 5.76 Å². The first-order chi connectivity index (χ1) is 12.3. The Bertz CT molecular complexity index is 564. The van der Waals surface area contributed by atoms with E-state index in [9.17, 15) is 14.7 Å². The number of methoxy groups -OCH3 is 1. The second-order valence-electron chi connectivity index (χ2n) is 5.74. The lowest BCUT2D eigenvalue weighted by Gasteiger charge is -2.16. The van der Waals surface area contributed by atoms with Crippen LogP contribution in [0.25, 0.3) is 0 Å². The maximum atomic E-state index is 11.9. The quantitative estimate of drug-likeness (QED) is 0.359. The molecule has 0 spiro atoms. The highest BCUT2D eigenvalue weighted by Gasteiger charge is 2.19. The number of aliphatic hydroxyl groups is 1. The van der Waals surface area contributed by atoms with Crippen molar-refractivity contribution in [1.29, 1.82) is 0 Å². The van der Waals surface area contributed by atoms with Crippen molar-refractivity contribution in [1.82, 2.24) is 0 Å². The van der Waals surface area contributed by atoms with Crippen molar-refractivity contribution < 1.29 is 38.1 Å². The number of carbonyl (C=O) groups is 2. The van der Waals surface area contributed by atoms with E-state index in [0.717, 1.165) is 6.08 Å². The van der Waals surface area contributed by atoms with Crippen molar-refractivity contribution in [2.75, 3.05) is 13.9 Å². The van der Waals surface area contributed by atoms with E-state index in [2.05, 4.69) is 0 Å². The maximum Gasteiger partial charge on any atom is 0.330 e. The number of rotatable bonds is 11. The number of hydrogen-bond donors (Lipinski definition) is 1. The summed E-state index contributed by atoms with van der Waals surface area (Å²) in [5.41, 5.74) is 0. The standard InChI is InChI=1S/C18H26O8/c1-12(10-18(21)26-14(3)16-6-5-9-23-16)25-17(20)8-7-15(13(2)19)24-11-22-4/h5-9,12-15,19H,10-11H2,1-4H3/b8-7+/t12-,13-,14-,15+/m0/s1. The molecule has 1 rings (SSSR count). The first-order valence-electron chi connectivity index (χ1n) is 8.23. The summed E-state index contributed by atoms with van der Waals surface area (Å²) < 4.78 is 25.4. The van der Waals surface area contributed by atoms with E-state index in [1.165, 1.54) is 26.4 Å². The van der Waals surface area contributed by atoms with Crippen LogP contribution in [0.2, 0.25) is 0 Å². The van der Waals surface area contributed by atoms with Gasteiger partial charge in [-0.1, -0.05) is 0 Å². The minimum atomic E-state index is -0.829. The molecule has 146 valence electrons. The molecular weight excluding hydrogens is 344 g/mol. The molecule has 0 bridgehead atoms. The zero-order valence-corrected chi connectivity index (χ0v) is 15.4. The van der Waals surface area contributed by atoms with Crippen molar-refractivity contribution in [3.8, 4) is 0 Å². The molecule has 0 amide bonds. The maximum absolute atomic E-state index is 11.9. The van der Waals surface area contributed by atoms with Gasteiger partial charge in [0, 0.05) is 13.2 Å². The number of hydrogen-bond acceptors (Lipinski definition) is 8. The molecule has 8 nitrogen and oxygen atoms in total. The Kier molecular flexibility index (Phi) is 9.64. The van der Waals surface area contributed by atoms with Crippen molar-refractivity contribution in [2.45, 2.75) is 51.6 Å². The van der Waals surface area contributed by atoms with Gasteiger partial charge < -0.3 is 28.5 Å². The van der Waals surface area contributed by atoms with Gasteiger partial charge in [-0.25, -0.2) is 4.79 Å². The predicted octanol–water partition coefficient (Wildman–Crippen LogP) is 2.13. The fourth-order valence-electron chi connectivity index (χ4n) is 2.02. The molecule has 1 aromatic rings. The third kappa shape index (κ3) is 8.28. The molecule has 1 N–H and O–H groups in total. The summed E-state index contributed by atoms with van der Waals surface area (Å²) >= 11 is 0. The SMILES string of the molecule is COCO[C@H](/C=C/C(=O)O[C@@H](C)CC(=O)O[C@@H](C)c1ccco1)[C@H](C)O. The van der Waals surface area contributed by atoms with Gasteiger partial charge in [0.05, 0.1) is 18.8 Å². The van der Waals surface area contributed by atoms with Gasteiger partial charge >= 0.3 is 11.9 Å². The highest BCUT2D eigenvalue weighted by Crippen LogP contribution is 2.18. The summed E-state index contributed by atoms with van der Waals surface area (Å²) in [6.07, 6.45) is 1.17. The Hall–Kier alpha value is -2.16. The van der Waals surface area contributed by atoms with Crippen LogP contribution in [-0.4, -0.2) is 49.3 Å². The Morgan fingerprint density at radius 3 is 2.58 bits per heavy atom. The van der Waals surface area contributed by atoms with Crippen LogP contribution in [-0.2, 0) is 28.5 Å². The molecule has 0 radical (unpaired) electrons. The fourth-order valence-corrected chi connectivity index (χ4v) is 2.02. The van der Waals surface area contributed by atoms with Crippen LogP contribution in [0.4, 0.5) is 0 Å². The molecule has 26 heavy (non-hydrogen) atoms. The summed E-state index contributed by atoms with van der Waals surface area (Å²) in [5, 5.41) is 9.56. The van der Waals surface area contributed by atoms with Gasteiger partial charge in [0.2, 0.25) is 0 Å². The second kappa shape index (κ2) is 11.5. The fraction of sp³-hybridized carbons (Fsp3) is 0.556. The summed E-state index contributed by atoms with van der Waals surface area (Å²) in [4.78, 5) is 23.7. The Morgan fingerprint density at radius 1 is 1.27 bits per heavy atom. The van der Waals surface area contributed by atoms with Gasteiger partial charge in [-0.2, -0.15) is 0 Å². The average Bonchev–Trinajstić information content (AvgIpc) is 3.08. The van der Waals surface area contributed by atoms with Gasteiger partial charge in [-0.3, -0.25) is 4.79 Å². The average molecular weight is 370 g/mol. The predicted molar refractivity (Wildman–Crippen MR) is 91.0 cm³/mol. The molecule has 0 saturated heterocycles. The summed E-state index contributed by atoms with van der Waals surface area (Å²) in [7, 11) is 1.45. The number of esters is 2. The molecule has 0 aliphatic rings. The van der Waals surface area contributed by atoms with Crippen LogP contribution >= 0.6 is 0 Å². The lowest BCUT2D eigenvalue weighted by molar-refractivity contribution is -0.155. The van der Waals surface area contributed by atoms with Crippen molar-refractivity contribution in [3.63, 3.8) is 0 Å². The van der Waals surface area contributed by atoms with Gasteiger partial charge in [0.25, 0.3) is 0 Å². The smallest absolute Gasteiger partial charge is 0.330 e. The zero-order chi connectivity index (χ0) is 19.5. The van der Waals surface area contributed by atoms with Crippen molar-refractivity contribution >= 4 is 11.9 Å². The first-order valence-corrected chi connectivity index (χ1v) is 8.23. The Labute approximate surface area is 152 Å². The molecule has 0 fully saturated rings. The number of ether oxygens (including phenoxy) is 4. The van der Waals surface area contributed by atoms with E-state index < -0.39 is 36.4 Å². The lowest BCUT2D eigenvalue weighted by atomic mass is 10.2. The summed E-state index contributed by atoms with van der Waals surface area (Å²) in [6.45, 7) is 4.77. The highest BCUT2D eigenvalue weighted by atomic mass is 16.7. The highest BCUT2D eigenvalue weighted by molar-refractivity contribution is 5.82. The number of aliphatic hydroxyl groups excluding tert-OH is 1. The van der Waals surface area contributed by atoms with E-state index in [-0.39, 0.29) is 13.2 Å². The molecule has 1 heterocycles. The monoisotopic (exact) mass is 370 g/mol. The molecule has 1 aromatic heterocycles. The molecule has 8 heteroatoms. The molecule has 0 aliphatic heterocycles. The molecular formula is C18H26O8. The number of carbonyl (C=O) groups excluding carboxylic acids is 2. The van der Waals surface area contributed by atoms with Crippen molar-refractivity contribution in [2.24, 2.45) is 0 Å². The van der Waals surface area contributed by atoms with E-state index in [1.54, 1.807) is 26.0 Å². The lowest BCUT2D eigenvalue weighted by Crippen LogP contribution is -2.25. The van der Waals surface area contributed by atoms with Crippen LogP contribution in [0.5, 0.6) is 0 Å². The third-order valence-electron chi connectivity index (χ3n) is 3.30. The molecule has 0 unspecified atom stereocenters. The Balaban J connectivity index is 2.40. The van der Waals surface area contributed by atoms with E-state index in [4.69, 9.17) is 23.4 Å². The normalized spacial score (nSPS) is 16.0. The topological polar surface area (TPSA) is 104 Å². The molecule has 0 aliphatic carbocycles. The zero-order valence-electron chi connectivity index (χ0n) is 15.4. The van der Waals surface area contributed by atoms with Crippen LogP contribution in [0.3, 0.4) is 0 Å². The van der Waals surface area contributed by atoms with Crippen LogP contribution in [0.15, 0.2) is 35.0 Å². The second-order valence-corrected chi connectivity index (χ2v) is 5.74.